The summed E-state index contributed by atoms with van der Waals surface area (Å²) in [6.07, 6.45) is 2.34. The Morgan fingerprint density at radius 3 is 2.57 bits per heavy atom. The minimum absolute atomic E-state index is 0.00973. The van der Waals surface area contributed by atoms with Crippen LogP contribution >= 0.6 is 0 Å². The Morgan fingerprint density at radius 1 is 1.11 bits per heavy atom. The highest BCUT2D eigenvalue weighted by molar-refractivity contribution is 7.91. The van der Waals surface area contributed by atoms with Crippen LogP contribution in [-0.2, 0) is 22.8 Å². The van der Waals surface area contributed by atoms with E-state index in [-0.39, 0.29) is 29.6 Å². The Morgan fingerprint density at radius 2 is 1.86 bits per heavy atom. The maximum absolute atomic E-state index is 13.2. The van der Waals surface area contributed by atoms with Crippen molar-refractivity contribution < 1.29 is 13.2 Å². The van der Waals surface area contributed by atoms with Crippen molar-refractivity contribution in [2.75, 3.05) is 11.5 Å². The zero-order valence-electron chi connectivity index (χ0n) is 16.1. The normalized spacial score (nSPS) is 22.6. The summed E-state index contributed by atoms with van der Waals surface area (Å²) in [5.74, 6) is 0.195. The average molecular weight is 399 g/mol. The van der Waals surface area contributed by atoms with Crippen LogP contribution in [0.2, 0.25) is 0 Å². The molecule has 1 N–H and O–H groups in total. The van der Waals surface area contributed by atoms with Crippen LogP contribution in [0.1, 0.15) is 41.1 Å². The third-order valence-electron chi connectivity index (χ3n) is 5.77. The molecule has 5 nitrogen and oxygen atoms in total. The minimum Gasteiger partial charge on any atom is -0.334 e. The Bertz CT molecular complexity index is 970. The van der Waals surface area contributed by atoms with Gasteiger partial charge >= 0.3 is 6.03 Å². The van der Waals surface area contributed by atoms with E-state index < -0.39 is 9.84 Å². The standard InChI is InChI=1S/C22H26N2O3S/c1-16-6-8-17(9-7-16)14-24(21-11-10-18-4-2-3-5-20(18)21)22(25)23-19-12-13-28(26,27)15-19/h2-9,19,21H,10-15H2,1H3,(H,23,25)/t19-,21-/m0/s1. The summed E-state index contributed by atoms with van der Waals surface area (Å²) in [6, 6.07) is 16.0. The van der Waals surface area contributed by atoms with Crippen LogP contribution in [0.15, 0.2) is 48.5 Å². The number of amides is 2. The molecule has 0 spiro atoms. The summed E-state index contributed by atoms with van der Waals surface area (Å²) in [7, 11) is -3.03. The first-order chi connectivity index (χ1) is 13.4. The number of benzene rings is 2. The van der Waals surface area contributed by atoms with Crippen LogP contribution in [0.5, 0.6) is 0 Å². The van der Waals surface area contributed by atoms with Gasteiger partial charge in [-0.2, -0.15) is 0 Å². The largest absolute Gasteiger partial charge is 0.334 e. The lowest BCUT2D eigenvalue weighted by Gasteiger charge is -2.31. The van der Waals surface area contributed by atoms with Gasteiger partial charge in [0.05, 0.1) is 17.5 Å². The number of hydrogen-bond acceptors (Lipinski definition) is 3. The van der Waals surface area contributed by atoms with Crippen molar-refractivity contribution in [3.8, 4) is 0 Å². The lowest BCUT2D eigenvalue weighted by molar-refractivity contribution is 0.167. The number of carbonyl (C=O) groups excluding carboxylic acids is 1. The van der Waals surface area contributed by atoms with Crippen molar-refractivity contribution in [2.24, 2.45) is 0 Å². The van der Waals surface area contributed by atoms with E-state index in [2.05, 4.69) is 41.7 Å². The monoisotopic (exact) mass is 398 g/mol. The first-order valence-corrected chi connectivity index (χ1v) is 11.6. The van der Waals surface area contributed by atoms with Crippen LogP contribution in [0.4, 0.5) is 4.79 Å². The summed E-state index contributed by atoms with van der Waals surface area (Å²) >= 11 is 0. The summed E-state index contributed by atoms with van der Waals surface area (Å²) in [5, 5.41) is 2.98. The lowest BCUT2D eigenvalue weighted by Crippen LogP contribution is -2.46. The van der Waals surface area contributed by atoms with Crippen LogP contribution in [0.25, 0.3) is 0 Å². The molecular formula is C22H26N2O3S. The second-order valence-electron chi connectivity index (χ2n) is 7.92. The van der Waals surface area contributed by atoms with E-state index in [1.807, 2.05) is 24.0 Å². The first kappa shape index (κ1) is 19.0. The molecule has 2 aromatic rings. The molecule has 0 saturated carbocycles. The van der Waals surface area contributed by atoms with Crippen LogP contribution < -0.4 is 5.32 Å². The number of nitrogens with zero attached hydrogens (tertiary/aromatic N) is 1. The van der Waals surface area contributed by atoms with Gasteiger partial charge in [-0.25, -0.2) is 13.2 Å². The smallest absolute Gasteiger partial charge is 0.318 e. The van der Waals surface area contributed by atoms with Gasteiger partial charge in [-0.1, -0.05) is 54.1 Å². The van der Waals surface area contributed by atoms with E-state index in [1.54, 1.807) is 0 Å². The minimum atomic E-state index is -3.03. The number of carbonyl (C=O) groups is 1. The molecule has 0 aromatic heterocycles. The van der Waals surface area contributed by atoms with Gasteiger partial charge in [0.25, 0.3) is 0 Å². The quantitative estimate of drug-likeness (QED) is 0.859. The van der Waals surface area contributed by atoms with Gasteiger partial charge < -0.3 is 10.2 Å². The van der Waals surface area contributed by atoms with Gasteiger partial charge in [0.2, 0.25) is 0 Å². The Labute approximate surface area is 166 Å². The van der Waals surface area contributed by atoms with Gasteiger partial charge in [0.1, 0.15) is 0 Å². The molecule has 2 aliphatic rings. The van der Waals surface area contributed by atoms with Crippen molar-refractivity contribution in [1.82, 2.24) is 10.2 Å². The highest BCUT2D eigenvalue weighted by Crippen LogP contribution is 2.36. The molecule has 1 fully saturated rings. The SMILES string of the molecule is Cc1ccc(CN(C(=O)N[C@H]2CCS(=O)(=O)C2)[C@H]2CCc3ccccc32)cc1. The third-order valence-corrected chi connectivity index (χ3v) is 7.54. The second-order valence-corrected chi connectivity index (χ2v) is 10.1. The number of aryl methyl sites for hydroxylation is 2. The Kier molecular flexibility index (Phi) is 5.15. The number of fused-ring (bicyclic) bond motifs is 1. The van der Waals surface area contributed by atoms with Gasteiger partial charge in [-0.15, -0.1) is 0 Å². The number of urea groups is 1. The highest BCUT2D eigenvalue weighted by Gasteiger charge is 2.34. The van der Waals surface area contributed by atoms with E-state index in [0.717, 1.165) is 18.4 Å². The van der Waals surface area contributed by atoms with Crippen LogP contribution in [0.3, 0.4) is 0 Å². The summed E-state index contributed by atoms with van der Waals surface area (Å²) in [4.78, 5) is 15.1. The van der Waals surface area contributed by atoms with Crippen molar-refractivity contribution in [3.63, 3.8) is 0 Å². The number of nitrogens with one attached hydrogen (secondary N) is 1. The molecule has 148 valence electrons. The molecule has 28 heavy (non-hydrogen) atoms. The third kappa shape index (κ3) is 4.07. The number of rotatable bonds is 4. The average Bonchev–Trinajstić information content (AvgIpc) is 3.24. The maximum Gasteiger partial charge on any atom is 0.318 e. The highest BCUT2D eigenvalue weighted by atomic mass is 32.2. The maximum atomic E-state index is 13.2. The summed E-state index contributed by atoms with van der Waals surface area (Å²) in [6.45, 7) is 2.55. The summed E-state index contributed by atoms with van der Waals surface area (Å²) < 4.78 is 23.5. The van der Waals surface area contributed by atoms with Crippen molar-refractivity contribution in [3.05, 3.63) is 70.8 Å². The molecule has 1 aliphatic carbocycles. The van der Waals surface area contributed by atoms with E-state index in [0.29, 0.717) is 13.0 Å². The predicted octanol–water partition coefficient (Wildman–Crippen LogP) is 3.38. The van der Waals surface area contributed by atoms with Crippen molar-refractivity contribution in [1.29, 1.82) is 0 Å². The second kappa shape index (κ2) is 7.59. The molecular weight excluding hydrogens is 372 g/mol. The zero-order valence-corrected chi connectivity index (χ0v) is 16.9. The topological polar surface area (TPSA) is 66.5 Å². The van der Waals surface area contributed by atoms with E-state index in [1.165, 1.54) is 16.7 Å². The Hall–Kier alpha value is -2.34. The van der Waals surface area contributed by atoms with Crippen LogP contribution in [-0.4, -0.2) is 36.9 Å². The van der Waals surface area contributed by atoms with Gasteiger partial charge in [0.15, 0.2) is 9.84 Å². The lowest BCUT2D eigenvalue weighted by atomic mass is 10.1. The van der Waals surface area contributed by atoms with Gasteiger partial charge in [-0.3, -0.25) is 0 Å². The van der Waals surface area contributed by atoms with E-state index in [4.69, 9.17) is 0 Å². The molecule has 2 atom stereocenters. The molecule has 1 heterocycles. The number of sulfone groups is 1. The summed E-state index contributed by atoms with van der Waals surface area (Å²) in [5.41, 5.74) is 4.74. The fourth-order valence-electron chi connectivity index (χ4n) is 4.24. The molecule has 0 bridgehead atoms. The molecule has 0 unspecified atom stereocenters. The van der Waals surface area contributed by atoms with Gasteiger partial charge in [-0.05, 0) is 42.9 Å². The first-order valence-electron chi connectivity index (χ1n) is 9.82. The van der Waals surface area contributed by atoms with Gasteiger partial charge in [0, 0.05) is 12.6 Å². The Balaban J connectivity index is 1.58. The number of hydrogen-bond donors (Lipinski definition) is 1. The molecule has 1 saturated heterocycles. The fraction of sp³-hybridized carbons (Fsp3) is 0.409. The van der Waals surface area contributed by atoms with E-state index >= 15 is 0 Å². The van der Waals surface area contributed by atoms with E-state index in [9.17, 15) is 13.2 Å². The molecule has 2 amide bonds. The van der Waals surface area contributed by atoms with Crippen molar-refractivity contribution >= 4 is 15.9 Å². The predicted molar refractivity (Wildman–Crippen MR) is 110 cm³/mol. The molecule has 2 aromatic carbocycles. The van der Waals surface area contributed by atoms with Crippen molar-refractivity contribution in [2.45, 2.75) is 44.8 Å². The zero-order chi connectivity index (χ0) is 19.7. The molecule has 6 heteroatoms. The van der Waals surface area contributed by atoms with Crippen LogP contribution in [0, 0.1) is 6.92 Å². The molecule has 0 radical (unpaired) electrons. The molecule has 1 aliphatic heterocycles. The molecule has 4 rings (SSSR count). The fourth-order valence-corrected chi connectivity index (χ4v) is 5.91.